The minimum Gasteiger partial charge on any atom is -0.508 e. The van der Waals surface area contributed by atoms with Gasteiger partial charge in [-0.15, -0.1) is 6.58 Å². The summed E-state index contributed by atoms with van der Waals surface area (Å²) in [5, 5.41) is 52.3. The molecule has 8 N–H and O–H groups in total. The molecule has 4 heterocycles. The number of phenols is 3. The van der Waals surface area contributed by atoms with Crippen LogP contribution in [0.3, 0.4) is 0 Å². The number of hydrogen-bond acceptors (Lipinski definition) is 18. The molecule has 0 bridgehead atoms. The summed E-state index contributed by atoms with van der Waals surface area (Å²) in [4.78, 5) is 66.3. The minimum absolute atomic E-state index is 0.0278. The normalized spacial score (nSPS) is 10.2. The molecule has 0 spiro atoms. The number of rotatable bonds is 5. The number of aromatic hydroxyl groups is 3. The van der Waals surface area contributed by atoms with Gasteiger partial charge in [-0.2, -0.15) is 0 Å². The average molecular weight is 1850 g/mol. The van der Waals surface area contributed by atoms with Gasteiger partial charge >= 0.3 is 28.7 Å². The quantitative estimate of drug-likeness (QED) is 0.00804. The van der Waals surface area contributed by atoms with E-state index in [2.05, 4.69) is 141 Å². The number of nitrogen functional groups attached to an aromatic ring is 1. The number of benzene rings is 7. The largest absolute Gasteiger partial charge is 0.508 e. The lowest BCUT2D eigenvalue weighted by Crippen LogP contribution is -2.10. The SMILES string of the molecule is C=CCc1c(F)ccc2oc(=O)n(C)c12.Cn1c(=O)oc2ccc(F)c(Br)c21.Cn1c(=O)oc2ccc(F)c(CC=O)c21.ICI.Nc1c(O)ccc(F)c1Br.O=[N+]([O-])c1c(O)ccc(F)c1Br.O=c1[nH]c2c(Br)c(F)ccc2o1.OOO.Oc1ccc(F)c(Br)c1. The van der Waals surface area contributed by atoms with E-state index in [1.807, 2.05) is 0 Å². The highest BCUT2D eigenvalue weighted by atomic mass is 127. The summed E-state index contributed by atoms with van der Waals surface area (Å²) in [6, 6.07) is 18.6. The lowest BCUT2D eigenvalue weighted by Gasteiger charge is -2.02. The average Bonchev–Trinajstić information content (AvgIpc) is 1.65. The van der Waals surface area contributed by atoms with E-state index in [9.17, 15) is 64.8 Å². The fourth-order valence-electron chi connectivity index (χ4n) is 7.08. The molecule has 11 rings (SSSR count). The van der Waals surface area contributed by atoms with Crippen molar-refractivity contribution in [1.82, 2.24) is 18.7 Å². The Labute approximate surface area is 579 Å². The summed E-state index contributed by atoms with van der Waals surface area (Å²) in [5.41, 5.74) is 8.28. The smallest absolute Gasteiger partial charge is 0.419 e. The number of aromatic nitrogens is 4. The van der Waals surface area contributed by atoms with E-state index in [0.717, 1.165) is 18.2 Å². The zero-order valence-corrected chi connectivity index (χ0v) is 58.7. The first-order valence-corrected chi connectivity index (χ1v) is 31.2. The topological polar surface area (TPSA) is 348 Å². The summed E-state index contributed by atoms with van der Waals surface area (Å²) in [6.07, 6.45) is 2.48. The minimum atomic E-state index is -0.859. The van der Waals surface area contributed by atoms with Gasteiger partial charge in [0.25, 0.3) is 0 Å². The number of nitro groups is 1. The van der Waals surface area contributed by atoms with Gasteiger partial charge in [-0.1, -0.05) is 56.3 Å². The van der Waals surface area contributed by atoms with Crippen LogP contribution in [0.15, 0.2) is 163 Å². The van der Waals surface area contributed by atoms with Crippen molar-refractivity contribution in [3.8, 4) is 17.2 Å². The van der Waals surface area contributed by atoms with Gasteiger partial charge < -0.3 is 43.5 Å². The van der Waals surface area contributed by atoms with Crippen molar-refractivity contribution < 1.29 is 89.0 Å². The third-order valence-electron chi connectivity index (χ3n) is 11.2. The first-order valence-electron chi connectivity index (χ1n) is 24.2. The number of aromatic amines is 1. The number of carbonyl (C=O) groups excluding carboxylic acids is 1. The number of nitrogens with one attached hydrogen (secondary N) is 1. The van der Waals surface area contributed by atoms with Gasteiger partial charge in [0.15, 0.2) is 28.1 Å². The highest BCUT2D eigenvalue weighted by Gasteiger charge is 2.22. The van der Waals surface area contributed by atoms with Gasteiger partial charge in [-0.3, -0.25) is 28.8 Å². The number of alkyl halides is 2. The number of H-pyrrole nitrogens is 1. The summed E-state index contributed by atoms with van der Waals surface area (Å²) in [6.45, 7) is 3.56. The van der Waals surface area contributed by atoms with Crippen LogP contribution in [-0.2, 0) is 43.8 Å². The van der Waals surface area contributed by atoms with Crippen LogP contribution in [0.1, 0.15) is 11.1 Å². The van der Waals surface area contributed by atoms with Crippen LogP contribution >= 0.6 is 125 Å². The van der Waals surface area contributed by atoms with Crippen molar-refractivity contribution in [3.63, 3.8) is 0 Å². The Hall–Kier alpha value is -7.12. The monoisotopic (exact) mass is 1840 g/mol. The number of aldehydes is 1. The molecule has 0 aliphatic heterocycles. The Morgan fingerprint density at radius 1 is 0.587 bits per heavy atom. The number of phenolic OH excluding ortho intramolecular Hbond substituents is 3. The Kier molecular flexibility index (Phi) is 32.3. The van der Waals surface area contributed by atoms with E-state index < -0.39 is 68.5 Å². The molecule has 0 aliphatic rings. The number of allylic oxidation sites excluding steroid dienone is 1. The predicted octanol–water partition coefficient (Wildman–Crippen LogP) is 15.2. The zero-order valence-electron chi connectivity index (χ0n) is 46.4. The number of halogens is 14. The van der Waals surface area contributed by atoms with Crippen LogP contribution in [0.4, 0.5) is 42.1 Å². The van der Waals surface area contributed by atoms with Crippen LogP contribution in [-0.4, -0.2) is 58.2 Å². The first-order chi connectivity index (χ1) is 43.3. The summed E-state index contributed by atoms with van der Waals surface area (Å²) >= 11 is 19.0. The van der Waals surface area contributed by atoms with Crippen molar-refractivity contribution in [2.75, 3.05) is 8.17 Å². The number of nitrogens with two attached hydrogens (primary N) is 1. The van der Waals surface area contributed by atoms with E-state index in [1.54, 1.807) is 13.1 Å². The molecule has 23 nitrogen and oxygen atoms in total. The van der Waals surface area contributed by atoms with Gasteiger partial charge in [0.05, 0.1) is 42.0 Å². The molecule has 0 atom stereocenters. The van der Waals surface area contributed by atoms with E-state index in [-0.39, 0.29) is 63.2 Å². The number of aryl methyl sites for hydroxylation is 3. The molecule has 4 aromatic heterocycles. The highest BCUT2D eigenvalue weighted by molar-refractivity contribution is 14.2. The number of oxazole rings is 4. The summed E-state index contributed by atoms with van der Waals surface area (Å²) in [7, 11) is 4.56. The van der Waals surface area contributed by atoms with Gasteiger partial charge in [-0.25, -0.2) is 60.4 Å². The molecule has 492 valence electrons. The Bertz CT molecular complexity index is 4520. The molecule has 0 fully saturated rings. The lowest BCUT2D eigenvalue weighted by atomic mass is 10.1. The summed E-state index contributed by atoms with van der Waals surface area (Å²) < 4.78 is 115. The molecule has 92 heavy (non-hydrogen) atoms. The molecule has 0 aliphatic carbocycles. The van der Waals surface area contributed by atoms with Crippen LogP contribution in [0.25, 0.3) is 44.4 Å². The second kappa shape index (κ2) is 37.5. The van der Waals surface area contributed by atoms with E-state index in [0.29, 0.717) is 62.7 Å². The second-order valence-electron chi connectivity index (χ2n) is 16.9. The standard InChI is InChI=1S/C11H10FNO2.C10H8FNO3.C8H5BrFNO2.C7H3BrFNO2.C6H3BrFNO3.C6H5BrFNO.C6H4BrFO.CH2I2.H2O3/c1-3-4-7-8(12)5-6-9-10(7)13(2)11(14)15-9;1-12-9-6(4-5-13)7(11)2-3-8(9)15-10(12)14;1-11-7-5(13-8(11)12)3-2-4(10)6(7)9;8-5-3(9)1-2-4-6(5)10-7(11)12-4;7-5-3(8)1-2-4(10)6(5)9(11)12;7-5-3(8)1-2-4(10)6(5)9;7-5-3-4(9)1-2-6(5)8;2-1-3;1-3-2/h3,5-6H,1,4H2,2H3;2-3,5H,4H2,1H3;2-3H,1H3;1-2H,(H,10,11);1-2,10H;1-2,10H,9H2;1-3,9H;1H2;1-2H. The Balaban J connectivity index is 0.000000277. The molecule has 0 radical (unpaired) electrons. The molecular formula is C55H42Br5F7I2N6O17. The van der Waals surface area contributed by atoms with Crippen molar-refractivity contribution in [3.05, 3.63) is 230 Å². The maximum absolute atomic E-state index is 13.5. The van der Waals surface area contributed by atoms with Gasteiger partial charge in [-0.05, 0) is 177 Å². The molecule has 0 saturated heterocycles. The van der Waals surface area contributed by atoms with E-state index in [1.165, 1.54) is 103 Å². The molecular weight excluding hydrogens is 1800 g/mol. The fraction of sp³-hybridized carbons (Fsp3) is 0.109. The number of nitro benzene ring substituents is 1. The lowest BCUT2D eigenvalue weighted by molar-refractivity contribution is -0.465. The molecule has 7 aromatic carbocycles. The third kappa shape index (κ3) is 21.2. The number of anilines is 1. The van der Waals surface area contributed by atoms with Crippen molar-refractivity contribution >= 4 is 187 Å². The highest BCUT2D eigenvalue weighted by Crippen LogP contribution is 2.36. The second-order valence-corrected chi connectivity index (χ2v) is 25.4. The van der Waals surface area contributed by atoms with Gasteiger partial charge in [0.1, 0.15) is 74.0 Å². The number of carbonyl (C=O) groups is 1. The fourth-order valence-corrected chi connectivity index (χ4v) is 9.28. The van der Waals surface area contributed by atoms with Crippen molar-refractivity contribution in [2.24, 2.45) is 21.1 Å². The number of fused-ring (bicyclic) bond motifs is 4. The Morgan fingerprint density at radius 2 is 0.967 bits per heavy atom. The molecule has 11 aromatic rings. The number of hydrogen-bond donors (Lipinski definition) is 7. The van der Waals surface area contributed by atoms with Crippen LogP contribution in [0.5, 0.6) is 17.2 Å². The Morgan fingerprint density at radius 3 is 1.39 bits per heavy atom. The molecule has 0 unspecified atom stereocenters. The zero-order chi connectivity index (χ0) is 69.6. The first kappa shape index (κ1) is 79.1. The van der Waals surface area contributed by atoms with Crippen LogP contribution in [0.2, 0.25) is 0 Å². The predicted molar refractivity (Wildman–Crippen MR) is 358 cm³/mol. The molecule has 37 heteroatoms. The molecule has 0 amide bonds. The van der Waals surface area contributed by atoms with Crippen molar-refractivity contribution in [1.29, 1.82) is 0 Å². The van der Waals surface area contributed by atoms with E-state index in [4.69, 9.17) is 49.2 Å². The van der Waals surface area contributed by atoms with Gasteiger partial charge in [0.2, 0.25) is 0 Å². The van der Waals surface area contributed by atoms with Gasteiger partial charge in [0, 0.05) is 38.7 Å². The van der Waals surface area contributed by atoms with Crippen molar-refractivity contribution in [2.45, 2.75) is 12.8 Å². The van der Waals surface area contributed by atoms with E-state index >= 15 is 0 Å². The maximum Gasteiger partial charge on any atom is 0.419 e. The maximum atomic E-state index is 13.5. The third-order valence-corrected chi connectivity index (χ3v) is 14.9. The summed E-state index contributed by atoms with van der Waals surface area (Å²) in [5.74, 6) is -6.08. The van der Waals surface area contributed by atoms with Crippen LogP contribution in [0, 0.1) is 50.8 Å². The number of nitrogens with zero attached hydrogens (tertiary/aromatic N) is 4. The molecule has 0 saturated carbocycles. The van der Waals surface area contributed by atoms with Crippen LogP contribution < -0.4 is 28.8 Å².